The Kier molecular flexibility index (Phi) is 7.68. The van der Waals surface area contributed by atoms with Crippen LogP contribution >= 0.6 is 0 Å². The summed E-state index contributed by atoms with van der Waals surface area (Å²) in [5, 5.41) is 0. The molecule has 5 rings (SSSR count). The number of benzene rings is 2. The van der Waals surface area contributed by atoms with Crippen molar-refractivity contribution < 1.29 is 18.7 Å². The average molecular weight is 558 g/mol. The van der Waals surface area contributed by atoms with E-state index in [1.807, 2.05) is 58.2 Å². The highest BCUT2D eigenvalue weighted by Gasteiger charge is 2.36. The van der Waals surface area contributed by atoms with E-state index in [0.717, 1.165) is 70.9 Å². The van der Waals surface area contributed by atoms with E-state index in [0.29, 0.717) is 0 Å². The number of aromatic nitrogens is 2. The molecule has 2 aromatic heterocycles. The normalized spacial score (nSPS) is 16.1. The number of esters is 1. The maximum Gasteiger partial charge on any atom is 0.339 e. The lowest BCUT2D eigenvalue weighted by Crippen LogP contribution is -2.40. The van der Waals surface area contributed by atoms with Crippen molar-refractivity contribution in [3.63, 3.8) is 0 Å². The largest absolute Gasteiger partial charge is 0.467 e. The van der Waals surface area contributed by atoms with Crippen LogP contribution in [0.15, 0.2) is 60.8 Å². The smallest absolute Gasteiger partial charge is 0.339 e. The fraction of sp³-hybridized carbons (Fsp3) is 0.412. The van der Waals surface area contributed by atoms with Crippen molar-refractivity contribution in [2.24, 2.45) is 5.41 Å². The van der Waals surface area contributed by atoms with Gasteiger partial charge in [-0.3, -0.25) is 4.40 Å². The van der Waals surface area contributed by atoms with Crippen LogP contribution in [-0.2, 0) is 14.3 Å². The number of hydrogen-bond donors (Lipinski definition) is 0. The zero-order chi connectivity index (χ0) is 29.5. The quantitative estimate of drug-likeness (QED) is 0.227. The molecule has 2 aromatic carbocycles. The van der Waals surface area contributed by atoms with Crippen molar-refractivity contribution >= 4 is 17.4 Å². The Bertz CT molecular complexity index is 1560. The zero-order valence-corrected chi connectivity index (χ0v) is 25.1. The lowest BCUT2D eigenvalue weighted by molar-refractivity contribution is -0.164. The zero-order valence-electron chi connectivity index (χ0n) is 25.1. The van der Waals surface area contributed by atoms with Gasteiger partial charge < -0.3 is 14.4 Å². The van der Waals surface area contributed by atoms with E-state index >= 15 is 0 Å². The number of methoxy groups -OCH3 is 1. The first-order chi connectivity index (χ1) is 19.3. The summed E-state index contributed by atoms with van der Waals surface area (Å²) < 4.78 is 27.3. The summed E-state index contributed by atoms with van der Waals surface area (Å²) >= 11 is 0. The molecular formula is C34H40FN3O3. The number of piperidine rings is 1. The van der Waals surface area contributed by atoms with Crippen LogP contribution in [0.5, 0.6) is 0 Å². The Hall–Kier alpha value is -3.71. The SMILES string of the molecule is COC(=O)[C@@H](OC(C)(C)C)c1c(C)cc2nc(-c3cccc(-c4ccc(F)cc4)c3)cn2c1N1CCC(C)(C)CC1. The summed E-state index contributed by atoms with van der Waals surface area (Å²) in [7, 11) is 1.40. The number of rotatable bonds is 6. The van der Waals surface area contributed by atoms with Gasteiger partial charge in [0.25, 0.3) is 0 Å². The summed E-state index contributed by atoms with van der Waals surface area (Å²) in [6.45, 7) is 14.2. The molecule has 3 heterocycles. The second-order valence-corrected chi connectivity index (χ2v) is 12.8. The molecule has 0 spiro atoms. The standard InChI is InChI=1S/C34H40FN3O3/c1-22-19-28-36-27(25-10-8-9-24(20-25)23-11-13-26(35)14-12-23)21-38(28)31(37-17-15-34(5,6)16-18-37)29(22)30(32(39)40-7)41-33(2,3)4/h8-14,19-21,30H,15-18H2,1-7H3/t30-/m0/s1. The van der Waals surface area contributed by atoms with Gasteiger partial charge in [-0.05, 0) is 86.9 Å². The number of anilines is 1. The van der Waals surface area contributed by atoms with Crippen molar-refractivity contribution in [3.8, 4) is 22.4 Å². The lowest BCUT2D eigenvalue weighted by Gasteiger charge is -2.40. The first-order valence-electron chi connectivity index (χ1n) is 14.2. The van der Waals surface area contributed by atoms with Gasteiger partial charge >= 0.3 is 5.97 Å². The van der Waals surface area contributed by atoms with Gasteiger partial charge in [0.05, 0.1) is 18.4 Å². The van der Waals surface area contributed by atoms with Gasteiger partial charge in [-0.25, -0.2) is 14.2 Å². The molecule has 0 saturated carbocycles. The number of nitrogens with zero attached hydrogens (tertiary/aromatic N) is 3. The number of hydrogen-bond acceptors (Lipinski definition) is 5. The van der Waals surface area contributed by atoms with E-state index in [-0.39, 0.29) is 11.2 Å². The van der Waals surface area contributed by atoms with Crippen LogP contribution in [-0.4, -0.2) is 41.2 Å². The first-order valence-corrected chi connectivity index (χ1v) is 14.2. The molecule has 0 radical (unpaired) electrons. The topological polar surface area (TPSA) is 56.1 Å². The van der Waals surface area contributed by atoms with Crippen molar-refractivity contribution in [1.29, 1.82) is 0 Å². The van der Waals surface area contributed by atoms with Crippen LogP contribution < -0.4 is 4.90 Å². The second-order valence-electron chi connectivity index (χ2n) is 12.8. The van der Waals surface area contributed by atoms with Gasteiger partial charge in [-0.1, -0.05) is 44.2 Å². The van der Waals surface area contributed by atoms with Crippen molar-refractivity contribution in [1.82, 2.24) is 9.38 Å². The molecule has 0 aliphatic carbocycles. The Balaban J connectivity index is 1.68. The fourth-order valence-corrected chi connectivity index (χ4v) is 5.54. The van der Waals surface area contributed by atoms with Crippen LogP contribution in [0.2, 0.25) is 0 Å². The lowest BCUT2D eigenvalue weighted by atomic mass is 9.82. The van der Waals surface area contributed by atoms with Gasteiger partial charge in [-0.2, -0.15) is 0 Å². The number of imidazole rings is 1. The Labute approximate surface area is 242 Å². The molecule has 1 aliphatic rings. The number of carbonyl (C=O) groups excluding carboxylic acids is 1. The van der Waals surface area contributed by atoms with Crippen molar-refractivity contribution in [2.45, 2.75) is 66.1 Å². The van der Waals surface area contributed by atoms with Gasteiger partial charge in [-0.15, -0.1) is 0 Å². The molecular weight excluding hydrogens is 517 g/mol. The van der Waals surface area contributed by atoms with E-state index in [1.165, 1.54) is 19.2 Å². The van der Waals surface area contributed by atoms with Crippen LogP contribution in [0.4, 0.5) is 10.2 Å². The first kappa shape index (κ1) is 28.8. The predicted octanol–water partition coefficient (Wildman–Crippen LogP) is 7.77. The summed E-state index contributed by atoms with van der Waals surface area (Å²) in [6, 6.07) is 16.6. The van der Waals surface area contributed by atoms with E-state index < -0.39 is 17.7 Å². The maximum absolute atomic E-state index is 13.5. The number of aryl methyl sites for hydroxylation is 1. The van der Waals surface area contributed by atoms with Gasteiger partial charge in [0.15, 0.2) is 6.10 Å². The highest BCUT2D eigenvalue weighted by atomic mass is 19.1. The highest BCUT2D eigenvalue weighted by Crippen LogP contribution is 2.40. The molecule has 0 N–H and O–H groups in total. The summed E-state index contributed by atoms with van der Waals surface area (Å²) in [6.07, 6.45) is 3.22. The molecule has 0 unspecified atom stereocenters. The number of pyridine rings is 1. The molecule has 216 valence electrons. The molecule has 1 fully saturated rings. The molecule has 1 saturated heterocycles. The number of carbonyl (C=O) groups is 1. The average Bonchev–Trinajstić information content (AvgIpc) is 3.34. The highest BCUT2D eigenvalue weighted by molar-refractivity contribution is 5.81. The van der Waals surface area contributed by atoms with Crippen molar-refractivity contribution in [3.05, 3.63) is 77.7 Å². The van der Waals surface area contributed by atoms with Gasteiger partial charge in [0.1, 0.15) is 17.3 Å². The Morgan fingerprint density at radius 2 is 1.66 bits per heavy atom. The summed E-state index contributed by atoms with van der Waals surface area (Å²) in [5.41, 5.74) is 5.91. The monoisotopic (exact) mass is 557 g/mol. The third-order valence-electron chi connectivity index (χ3n) is 7.87. The summed E-state index contributed by atoms with van der Waals surface area (Å²) in [4.78, 5) is 20.6. The predicted molar refractivity (Wildman–Crippen MR) is 162 cm³/mol. The molecule has 1 aliphatic heterocycles. The second kappa shape index (κ2) is 10.9. The van der Waals surface area contributed by atoms with Gasteiger partial charge in [0.2, 0.25) is 0 Å². The van der Waals surface area contributed by atoms with Crippen LogP contribution in [0.25, 0.3) is 28.0 Å². The fourth-order valence-electron chi connectivity index (χ4n) is 5.54. The van der Waals surface area contributed by atoms with Crippen LogP contribution in [0.3, 0.4) is 0 Å². The minimum atomic E-state index is -0.887. The molecule has 0 amide bonds. The van der Waals surface area contributed by atoms with E-state index in [4.69, 9.17) is 14.5 Å². The third-order valence-corrected chi connectivity index (χ3v) is 7.87. The van der Waals surface area contributed by atoms with Crippen LogP contribution in [0, 0.1) is 18.2 Å². The van der Waals surface area contributed by atoms with Crippen LogP contribution in [0.1, 0.15) is 64.7 Å². The van der Waals surface area contributed by atoms with E-state index in [9.17, 15) is 9.18 Å². The Morgan fingerprint density at radius 1 is 1.00 bits per heavy atom. The maximum atomic E-state index is 13.5. The number of fused-ring (bicyclic) bond motifs is 1. The molecule has 0 bridgehead atoms. The molecule has 4 aromatic rings. The Morgan fingerprint density at radius 3 is 2.29 bits per heavy atom. The molecule has 1 atom stereocenters. The van der Waals surface area contributed by atoms with Crippen molar-refractivity contribution in [2.75, 3.05) is 25.1 Å². The molecule has 41 heavy (non-hydrogen) atoms. The van der Waals surface area contributed by atoms with E-state index in [1.54, 1.807) is 12.1 Å². The number of ether oxygens (including phenoxy) is 2. The van der Waals surface area contributed by atoms with Gasteiger partial charge in [0, 0.05) is 30.4 Å². The summed E-state index contributed by atoms with van der Waals surface area (Å²) in [5.74, 6) is 0.239. The molecule has 7 heteroatoms. The third kappa shape index (κ3) is 6.15. The number of halogens is 1. The van der Waals surface area contributed by atoms with E-state index in [2.05, 4.69) is 29.2 Å². The minimum absolute atomic E-state index is 0.254. The molecule has 6 nitrogen and oxygen atoms in total. The minimum Gasteiger partial charge on any atom is -0.467 e.